The number of carbonyl (C=O) groups is 1. The van der Waals surface area contributed by atoms with Crippen LogP contribution in [0.15, 0.2) is 53.3 Å². The first-order chi connectivity index (χ1) is 8.66. The average Bonchev–Trinajstić information content (AvgIpc) is 2.73. The Balaban J connectivity index is 2.06. The van der Waals surface area contributed by atoms with E-state index < -0.39 is 5.97 Å². The second kappa shape index (κ2) is 5.69. The molecule has 0 spiro atoms. The van der Waals surface area contributed by atoms with E-state index in [2.05, 4.69) is 15.9 Å². The minimum absolute atomic E-state index is 0.287. The molecule has 1 aromatic carbocycles. The highest BCUT2D eigenvalue weighted by molar-refractivity contribution is 9.10. The summed E-state index contributed by atoms with van der Waals surface area (Å²) in [5.74, 6) is -0.915. The van der Waals surface area contributed by atoms with Gasteiger partial charge in [-0.05, 0) is 27.6 Å². The minimum Gasteiger partial charge on any atom is -0.478 e. The molecule has 0 amide bonds. The SMILES string of the molecule is O=C(O)c1cc(Br)n(CC=Cc2ccccc2)c1. The summed E-state index contributed by atoms with van der Waals surface area (Å²) in [6.07, 6.45) is 5.61. The van der Waals surface area contributed by atoms with Crippen LogP contribution in [-0.4, -0.2) is 15.6 Å². The van der Waals surface area contributed by atoms with Crippen LogP contribution in [0, 0.1) is 0 Å². The van der Waals surface area contributed by atoms with E-state index in [4.69, 9.17) is 5.11 Å². The Kier molecular flexibility index (Phi) is 3.99. The number of nitrogens with zero attached hydrogens (tertiary/aromatic N) is 1. The molecule has 2 rings (SSSR count). The topological polar surface area (TPSA) is 42.2 Å². The van der Waals surface area contributed by atoms with Gasteiger partial charge >= 0.3 is 5.97 Å². The molecule has 4 heteroatoms. The first kappa shape index (κ1) is 12.6. The molecule has 0 aliphatic rings. The standard InChI is InChI=1S/C14H12BrNO2/c15-13-9-12(14(17)18)10-16(13)8-4-7-11-5-2-1-3-6-11/h1-7,9-10H,8H2,(H,17,18). The Hall–Kier alpha value is -1.81. The lowest BCUT2D eigenvalue weighted by atomic mass is 10.2. The maximum Gasteiger partial charge on any atom is 0.337 e. The molecule has 1 aromatic heterocycles. The largest absolute Gasteiger partial charge is 0.478 e. The van der Waals surface area contributed by atoms with Gasteiger partial charge in [0.25, 0.3) is 0 Å². The molecule has 3 nitrogen and oxygen atoms in total. The molecule has 0 aliphatic heterocycles. The lowest BCUT2D eigenvalue weighted by Crippen LogP contribution is -1.95. The number of carboxylic acid groups (broad SMARTS) is 1. The van der Waals surface area contributed by atoms with Crippen molar-refractivity contribution in [2.45, 2.75) is 6.54 Å². The molecule has 0 fully saturated rings. The normalized spacial score (nSPS) is 10.9. The Morgan fingerprint density at radius 2 is 2.06 bits per heavy atom. The second-order valence-corrected chi connectivity index (χ2v) is 4.63. The number of allylic oxidation sites excluding steroid dienone is 1. The van der Waals surface area contributed by atoms with Crippen molar-refractivity contribution >= 4 is 28.0 Å². The molecular weight excluding hydrogens is 294 g/mol. The molecule has 0 saturated carbocycles. The number of aromatic carboxylic acids is 1. The molecule has 0 radical (unpaired) electrons. The monoisotopic (exact) mass is 305 g/mol. The molecule has 1 N–H and O–H groups in total. The molecular formula is C14H12BrNO2. The summed E-state index contributed by atoms with van der Waals surface area (Å²) in [5.41, 5.74) is 1.41. The summed E-state index contributed by atoms with van der Waals surface area (Å²) >= 11 is 3.34. The molecule has 0 atom stereocenters. The summed E-state index contributed by atoms with van der Waals surface area (Å²) in [7, 11) is 0. The fourth-order valence-corrected chi connectivity index (χ4v) is 2.10. The third-order valence-electron chi connectivity index (χ3n) is 2.50. The van der Waals surface area contributed by atoms with E-state index in [1.165, 1.54) is 0 Å². The predicted octanol–water partition coefficient (Wildman–Crippen LogP) is 3.66. The quantitative estimate of drug-likeness (QED) is 0.936. The van der Waals surface area contributed by atoms with E-state index in [0.717, 1.165) is 10.2 Å². The predicted molar refractivity (Wildman–Crippen MR) is 74.6 cm³/mol. The van der Waals surface area contributed by atoms with Gasteiger partial charge in [0.15, 0.2) is 0 Å². The molecule has 92 valence electrons. The van der Waals surface area contributed by atoms with Gasteiger partial charge in [-0.15, -0.1) is 0 Å². The van der Waals surface area contributed by atoms with E-state index in [-0.39, 0.29) is 5.56 Å². The molecule has 2 aromatic rings. The molecule has 0 unspecified atom stereocenters. The zero-order valence-electron chi connectivity index (χ0n) is 9.58. The summed E-state index contributed by atoms with van der Waals surface area (Å²) in [6, 6.07) is 11.6. The highest BCUT2D eigenvalue weighted by atomic mass is 79.9. The summed E-state index contributed by atoms with van der Waals surface area (Å²) in [5, 5.41) is 8.87. The van der Waals surface area contributed by atoms with Crippen molar-refractivity contribution < 1.29 is 9.90 Å². The maximum atomic E-state index is 10.8. The minimum atomic E-state index is -0.915. The van der Waals surface area contributed by atoms with E-state index >= 15 is 0 Å². The van der Waals surface area contributed by atoms with Gasteiger partial charge < -0.3 is 9.67 Å². The van der Waals surface area contributed by atoms with Crippen molar-refractivity contribution in [3.8, 4) is 0 Å². The van der Waals surface area contributed by atoms with Crippen molar-refractivity contribution in [3.63, 3.8) is 0 Å². The van der Waals surface area contributed by atoms with Crippen molar-refractivity contribution in [3.05, 3.63) is 64.4 Å². The third-order valence-corrected chi connectivity index (χ3v) is 3.19. The molecule has 0 aliphatic carbocycles. The van der Waals surface area contributed by atoms with Crippen LogP contribution < -0.4 is 0 Å². The number of hydrogen-bond donors (Lipinski definition) is 1. The van der Waals surface area contributed by atoms with E-state index in [9.17, 15) is 4.79 Å². The summed E-state index contributed by atoms with van der Waals surface area (Å²) in [4.78, 5) is 10.8. The number of halogens is 1. The number of aromatic nitrogens is 1. The van der Waals surface area contributed by atoms with Gasteiger partial charge in [0.05, 0.1) is 10.2 Å². The van der Waals surface area contributed by atoms with Crippen molar-refractivity contribution in [2.24, 2.45) is 0 Å². The lowest BCUT2D eigenvalue weighted by molar-refractivity contribution is 0.0697. The Labute approximate surface area is 114 Å². The van der Waals surface area contributed by atoms with Gasteiger partial charge in [-0.3, -0.25) is 0 Å². The number of hydrogen-bond acceptors (Lipinski definition) is 1. The fourth-order valence-electron chi connectivity index (χ4n) is 1.60. The van der Waals surface area contributed by atoms with Gasteiger partial charge in [-0.2, -0.15) is 0 Å². The van der Waals surface area contributed by atoms with Crippen molar-refractivity contribution in [1.82, 2.24) is 4.57 Å². The van der Waals surface area contributed by atoms with Crippen LogP contribution in [0.25, 0.3) is 6.08 Å². The lowest BCUT2D eigenvalue weighted by Gasteiger charge is -1.99. The molecule has 1 heterocycles. The van der Waals surface area contributed by atoms with Gasteiger partial charge in [0.1, 0.15) is 0 Å². The number of carboxylic acids is 1. The van der Waals surface area contributed by atoms with Crippen LogP contribution in [0.2, 0.25) is 0 Å². The smallest absolute Gasteiger partial charge is 0.337 e. The summed E-state index contributed by atoms with van der Waals surface area (Å²) in [6.45, 7) is 0.628. The molecule has 18 heavy (non-hydrogen) atoms. The fraction of sp³-hybridized carbons (Fsp3) is 0.0714. The maximum absolute atomic E-state index is 10.8. The molecule has 0 saturated heterocycles. The Bertz CT molecular complexity index is 573. The molecule has 0 bridgehead atoms. The number of benzene rings is 1. The highest BCUT2D eigenvalue weighted by Crippen LogP contribution is 2.15. The van der Waals surface area contributed by atoms with E-state index in [1.54, 1.807) is 12.3 Å². The second-order valence-electron chi connectivity index (χ2n) is 3.82. The van der Waals surface area contributed by atoms with E-state index in [1.807, 2.05) is 47.1 Å². The zero-order valence-corrected chi connectivity index (χ0v) is 11.2. The summed E-state index contributed by atoms with van der Waals surface area (Å²) < 4.78 is 2.60. The highest BCUT2D eigenvalue weighted by Gasteiger charge is 2.07. The van der Waals surface area contributed by atoms with Crippen LogP contribution in [-0.2, 0) is 6.54 Å². The van der Waals surface area contributed by atoms with Gasteiger partial charge in [0.2, 0.25) is 0 Å². The average molecular weight is 306 g/mol. The van der Waals surface area contributed by atoms with Crippen molar-refractivity contribution in [2.75, 3.05) is 0 Å². The van der Waals surface area contributed by atoms with Crippen LogP contribution >= 0.6 is 15.9 Å². The first-order valence-corrected chi connectivity index (χ1v) is 6.26. The van der Waals surface area contributed by atoms with Crippen LogP contribution in [0.5, 0.6) is 0 Å². The van der Waals surface area contributed by atoms with Gasteiger partial charge in [-0.25, -0.2) is 4.79 Å². The third kappa shape index (κ3) is 3.11. The van der Waals surface area contributed by atoms with Crippen molar-refractivity contribution in [1.29, 1.82) is 0 Å². The van der Waals surface area contributed by atoms with E-state index in [0.29, 0.717) is 6.54 Å². The van der Waals surface area contributed by atoms with Crippen LogP contribution in [0.4, 0.5) is 0 Å². The number of rotatable bonds is 4. The Morgan fingerprint density at radius 3 is 2.67 bits per heavy atom. The zero-order chi connectivity index (χ0) is 13.0. The van der Waals surface area contributed by atoms with Gasteiger partial charge in [-0.1, -0.05) is 42.5 Å². The van der Waals surface area contributed by atoms with Crippen LogP contribution in [0.1, 0.15) is 15.9 Å². The Morgan fingerprint density at radius 1 is 1.33 bits per heavy atom. The first-order valence-electron chi connectivity index (χ1n) is 5.47. The van der Waals surface area contributed by atoms with Crippen LogP contribution in [0.3, 0.4) is 0 Å². The van der Waals surface area contributed by atoms with Gasteiger partial charge in [0, 0.05) is 12.7 Å².